The van der Waals surface area contributed by atoms with Crippen molar-refractivity contribution >= 4 is 22.4 Å². The highest BCUT2D eigenvalue weighted by molar-refractivity contribution is 7.17. The van der Waals surface area contributed by atoms with Crippen LogP contribution in [0.5, 0.6) is 0 Å². The summed E-state index contributed by atoms with van der Waals surface area (Å²) in [7, 11) is 1.95. The number of rotatable bonds is 4. The minimum atomic E-state index is -0.306. The summed E-state index contributed by atoms with van der Waals surface area (Å²) in [6.07, 6.45) is 4.93. The van der Waals surface area contributed by atoms with Crippen LogP contribution in [0.3, 0.4) is 0 Å². The molecular formula is C12H18N2O3S. The fraction of sp³-hybridized carbons (Fsp3) is 0.667. The maximum atomic E-state index is 11.6. The van der Waals surface area contributed by atoms with Crippen molar-refractivity contribution in [1.82, 2.24) is 4.98 Å². The van der Waals surface area contributed by atoms with Crippen LogP contribution >= 0.6 is 11.3 Å². The zero-order valence-corrected chi connectivity index (χ0v) is 11.5. The summed E-state index contributed by atoms with van der Waals surface area (Å²) in [5.74, 6) is -0.306. The molecule has 1 aromatic rings. The third-order valence-corrected chi connectivity index (χ3v) is 3.93. The first-order chi connectivity index (χ1) is 8.72. The van der Waals surface area contributed by atoms with E-state index in [-0.39, 0.29) is 12.2 Å². The molecule has 5 nitrogen and oxygen atoms in total. The number of carbonyl (C=O) groups excluding carboxylic acids is 1. The topological polar surface area (TPSA) is 51.7 Å². The van der Waals surface area contributed by atoms with Gasteiger partial charge in [0, 0.05) is 13.7 Å². The van der Waals surface area contributed by atoms with Crippen LogP contribution in [0.2, 0.25) is 0 Å². The van der Waals surface area contributed by atoms with E-state index in [1.54, 1.807) is 13.1 Å². The van der Waals surface area contributed by atoms with Crippen molar-refractivity contribution in [2.24, 2.45) is 0 Å². The van der Waals surface area contributed by atoms with Gasteiger partial charge in [-0.25, -0.2) is 9.78 Å². The van der Waals surface area contributed by atoms with Crippen LogP contribution in [0.15, 0.2) is 6.20 Å². The largest absolute Gasteiger partial charge is 0.462 e. The van der Waals surface area contributed by atoms with Crippen LogP contribution in [-0.4, -0.2) is 37.4 Å². The van der Waals surface area contributed by atoms with E-state index in [2.05, 4.69) is 4.98 Å². The molecule has 1 atom stereocenters. The predicted molar refractivity (Wildman–Crippen MR) is 70.1 cm³/mol. The van der Waals surface area contributed by atoms with Gasteiger partial charge in [-0.15, -0.1) is 0 Å². The summed E-state index contributed by atoms with van der Waals surface area (Å²) >= 11 is 1.34. The quantitative estimate of drug-likeness (QED) is 0.786. The lowest BCUT2D eigenvalue weighted by atomic mass is 10.2. The van der Waals surface area contributed by atoms with Gasteiger partial charge in [-0.1, -0.05) is 11.3 Å². The van der Waals surface area contributed by atoms with Crippen LogP contribution in [0.25, 0.3) is 0 Å². The van der Waals surface area contributed by atoms with E-state index < -0.39 is 0 Å². The van der Waals surface area contributed by atoms with E-state index in [0.29, 0.717) is 11.5 Å². The van der Waals surface area contributed by atoms with Gasteiger partial charge in [-0.3, -0.25) is 0 Å². The Morgan fingerprint density at radius 3 is 3.17 bits per heavy atom. The third kappa shape index (κ3) is 3.00. The highest BCUT2D eigenvalue weighted by atomic mass is 32.1. The first-order valence-corrected chi connectivity index (χ1v) is 7.01. The molecule has 0 aromatic carbocycles. The summed E-state index contributed by atoms with van der Waals surface area (Å²) in [4.78, 5) is 18.3. The molecule has 0 aliphatic carbocycles. The van der Waals surface area contributed by atoms with Gasteiger partial charge < -0.3 is 14.4 Å². The SMILES string of the molecule is CCOC(=O)c1cnc(N(C)C2CCCCO2)s1. The number of anilines is 1. The average molecular weight is 270 g/mol. The first-order valence-electron chi connectivity index (χ1n) is 6.19. The third-order valence-electron chi connectivity index (χ3n) is 2.86. The second kappa shape index (κ2) is 6.15. The minimum absolute atomic E-state index is 0.0694. The Kier molecular flexibility index (Phi) is 4.54. The number of ether oxygens (including phenoxy) is 2. The van der Waals surface area contributed by atoms with Crippen molar-refractivity contribution in [1.29, 1.82) is 0 Å². The maximum Gasteiger partial charge on any atom is 0.350 e. The fourth-order valence-electron chi connectivity index (χ4n) is 1.88. The summed E-state index contributed by atoms with van der Waals surface area (Å²) in [5.41, 5.74) is 0. The maximum absolute atomic E-state index is 11.6. The average Bonchev–Trinajstić information content (AvgIpc) is 2.89. The van der Waals surface area contributed by atoms with Crippen molar-refractivity contribution in [3.63, 3.8) is 0 Å². The Morgan fingerprint density at radius 2 is 2.50 bits per heavy atom. The van der Waals surface area contributed by atoms with Gasteiger partial charge in [0.2, 0.25) is 0 Å². The van der Waals surface area contributed by atoms with E-state index in [9.17, 15) is 4.79 Å². The molecule has 6 heteroatoms. The molecule has 0 bridgehead atoms. The molecule has 2 rings (SSSR count). The molecule has 0 amide bonds. The number of thiazole rings is 1. The zero-order chi connectivity index (χ0) is 13.0. The molecule has 1 fully saturated rings. The molecular weight excluding hydrogens is 252 g/mol. The van der Waals surface area contributed by atoms with Crippen LogP contribution < -0.4 is 4.90 Å². The zero-order valence-electron chi connectivity index (χ0n) is 10.7. The molecule has 0 N–H and O–H groups in total. The second-order valence-corrected chi connectivity index (χ2v) is 5.17. The molecule has 18 heavy (non-hydrogen) atoms. The van der Waals surface area contributed by atoms with Gasteiger partial charge in [0.25, 0.3) is 0 Å². The van der Waals surface area contributed by atoms with Crippen LogP contribution in [0.1, 0.15) is 35.9 Å². The minimum Gasteiger partial charge on any atom is -0.462 e. The molecule has 100 valence electrons. The van der Waals surface area contributed by atoms with Crippen LogP contribution in [0.4, 0.5) is 5.13 Å². The number of nitrogens with zero attached hydrogens (tertiary/aromatic N) is 2. The molecule has 1 aliphatic heterocycles. The lowest BCUT2D eigenvalue weighted by Gasteiger charge is -2.30. The molecule has 0 saturated carbocycles. The number of hydrogen-bond donors (Lipinski definition) is 0. The smallest absolute Gasteiger partial charge is 0.350 e. The second-order valence-electron chi connectivity index (χ2n) is 4.16. The van der Waals surface area contributed by atoms with Crippen molar-refractivity contribution in [3.8, 4) is 0 Å². The molecule has 2 heterocycles. The number of esters is 1. The van der Waals surface area contributed by atoms with Gasteiger partial charge in [0.05, 0.1) is 12.8 Å². The lowest BCUT2D eigenvalue weighted by molar-refractivity contribution is 0.0174. The normalized spacial score (nSPS) is 19.6. The molecule has 1 saturated heterocycles. The highest BCUT2D eigenvalue weighted by Gasteiger charge is 2.22. The summed E-state index contributed by atoms with van der Waals surface area (Å²) in [6.45, 7) is 2.97. The Labute approximate surface area is 111 Å². The van der Waals surface area contributed by atoms with Crippen molar-refractivity contribution in [2.45, 2.75) is 32.4 Å². The van der Waals surface area contributed by atoms with Crippen LogP contribution in [0, 0.1) is 0 Å². The summed E-state index contributed by atoms with van der Waals surface area (Å²) in [5, 5.41) is 0.796. The first kappa shape index (κ1) is 13.3. The Balaban J connectivity index is 2.02. The van der Waals surface area contributed by atoms with E-state index in [0.717, 1.165) is 24.6 Å². The summed E-state index contributed by atoms with van der Waals surface area (Å²) < 4.78 is 10.6. The lowest BCUT2D eigenvalue weighted by Crippen LogP contribution is -2.36. The summed E-state index contributed by atoms with van der Waals surface area (Å²) in [6, 6.07) is 0. The highest BCUT2D eigenvalue weighted by Crippen LogP contribution is 2.26. The number of hydrogen-bond acceptors (Lipinski definition) is 6. The van der Waals surface area contributed by atoms with Gasteiger partial charge in [0.15, 0.2) is 5.13 Å². The Morgan fingerprint density at radius 1 is 1.67 bits per heavy atom. The predicted octanol–water partition coefficient (Wildman–Crippen LogP) is 2.28. The standard InChI is InChI=1S/C12H18N2O3S/c1-3-16-11(15)9-8-13-12(18-9)14(2)10-6-4-5-7-17-10/h8,10H,3-7H2,1-2H3. The van der Waals surface area contributed by atoms with E-state index in [1.165, 1.54) is 17.8 Å². The van der Waals surface area contributed by atoms with Gasteiger partial charge in [-0.05, 0) is 26.2 Å². The van der Waals surface area contributed by atoms with Crippen molar-refractivity contribution < 1.29 is 14.3 Å². The van der Waals surface area contributed by atoms with E-state index >= 15 is 0 Å². The molecule has 0 spiro atoms. The molecule has 0 radical (unpaired) electrons. The fourth-order valence-corrected chi connectivity index (χ4v) is 2.69. The van der Waals surface area contributed by atoms with Gasteiger partial charge >= 0.3 is 5.97 Å². The molecule has 1 unspecified atom stereocenters. The molecule has 1 aromatic heterocycles. The van der Waals surface area contributed by atoms with E-state index in [4.69, 9.17) is 9.47 Å². The number of aromatic nitrogens is 1. The number of carbonyl (C=O) groups is 1. The van der Waals surface area contributed by atoms with E-state index in [1.807, 2.05) is 11.9 Å². The Hall–Kier alpha value is -1.14. The van der Waals surface area contributed by atoms with Gasteiger partial charge in [-0.2, -0.15) is 0 Å². The molecule has 1 aliphatic rings. The van der Waals surface area contributed by atoms with Crippen molar-refractivity contribution in [3.05, 3.63) is 11.1 Å². The van der Waals surface area contributed by atoms with Gasteiger partial charge in [0.1, 0.15) is 11.1 Å². The monoisotopic (exact) mass is 270 g/mol. The Bertz CT molecular complexity index is 402. The van der Waals surface area contributed by atoms with Crippen LogP contribution in [-0.2, 0) is 9.47 Å². The van der Waals surface area contributed by atoms with Crippen molar-refractivity contribution in [2.75, 3.05) is 25.2 Å².